The number of benzene rings is 1. The minimum Gasteiger partial charge on any atom is -0.378 e. The number of hydrogen-bond acceptors (Lipinski definition) is 5. The summed E-state index contributed by atoms with van der Waals surface area (Å²) in [7, 11) is -3.46. The van der Waals surface area contributed by atoms with Gasteiger partial charge < -0.3 is 14.5 Å². The molecule has 0 radical (unpaired) electrons. The average molecular weight is 396 g/mol. The Bertz CT molecular complexity index is 767. The molecule has 1 amide bonds. The van der Waals surface area contributed by atoms with Gasteiger partial charge in [0.15, 0.2) is 0 Å². The lowest BCUT2D eigenvalue weighted by Gasteiger charge is -2.34. The standard InChI is InChI=1S/C19H29N3O4S/c1-16-3-4-18(17(2)15-16)27(24,25)22-9-7-20(8-10-22)6-5-19(23)21-11-13-26-14-12-21/h3-4,15H,5-14H2,1-2H3. The second-order valence-corrected chi connectivity index (χ2v) is 9.16. The van der Waals surface area contributed by atoms with Crippen molar-refractivity contribution < 1.29 is 17.9 Å². The van der Waals surface area contributed by atoms with Crippen molar-refractivity contribution in [3.05, 3.63) is 29.3 Å². The van der Waals surface area contributed by atoms with Crippen molar-refractivity contribution in [2.24, 2.45) is 0 Å². The summed E-state index contributed by atoms with van der Waals surface area (Å²) in [5.41, 5.74) is 1.84. The van der Waals surface area contributed by atoms with Crippen LogP contribution in [-0.2, 0) is 19.6 Å². The number of morpholine rings is 1. The predicted molar refractivity (Wildman–Crippen MR) is 103 cm³/mol. The number of ether oxygens (including phenoxy) is 1. The average Bonchev–Trinajstić information content (AvgIpc) is 2.67. The van der Waals surface area contributed by atoms with Gasteiger partial charge in [-0.05, 0) is 25.5 Å². The van der Waals surface area contributed by atoms with Gasteiger partial charge in [0.25, 0.3) is 0 Å². The number of carbonyl (C=O) groups is 1. The van der Waals surface area contributed by atoms with Crippen LogP contribution < -0.4 is 0 Å². The number of aryl methyl sites for hydroxylation is 2. The number of rotatable bonds is 5. The van der Waals surface area contributed by atoms with E-state index in [4.69, 9.17) is 4.74 Å². The zero-order valence-corrected chi connectivity index (χ0v) is 17.0. The minimum absolute atomic E-state index is 0.156. The summed E-state index contributed by atoms with van der Waals surface area (Å²) in [4.78, 5) is 16.7. The summed E-state index contributed by atoms with van der Waals surface area (Å²) in [5, 5.41) is 0. The molecule has 1 aromatic rings. The molecule has 27 heavy (non-hydrogen) atoms. The Morgan fingerprint density at radius 1 is 1.04 bits per heavy atom. The van der Waals surface area contributed by atoms with Gasteiger partial charge in [-0.2, -0.15) is 4.31 Å². The topological polar surface area (TPSA) is 70.2 Å². The van der Waals surface area contributed by atoms with E-state index in [1.54, 1.807) is 10.4 Å². The molecule has 150 valence electrons. The van der Waals surface area contributed by atoms with Gasteiger partial charge in [-0.1, -0.05) is 17.7 Å². The van der Waals surface area contributed by atoms with Gasteiger partial charge in [-0.25, -0.2) is 8.42 Å². The van der Waals surface area contributed by atoms with E-state index in [1.807, 2.05) is 30.9 Å². The summed E-state index contributed by atoms with van der Waals surface area (Å²) in [6.07, 6.45) is 0.476. The van der Waals surface area contributed by atoms with Crippen molar-refractivity contribution in [3.63, 3.8) is 0 Å². The molecule has 0 aliphatic carbocycles. The minimum atomic E-state index is -3.46. The quantitative estimate of drug-likeness (QED) is 0.740. The zero-order chi connectivity index (χ0) is 19.4. The zero-order valence-electron chi connectivity index (χ0n) is 16.2. The maximum absolute atomic E-state index is 12.9. The van der Waals surface area contributed by atoms with Crippen molar-refractivity contribution in [3.8, 4) is 0 Å². The monoisotopic (exact) mass is 395 g/mol. The van der Waals surface area contributed by atoms with Gasteiger partial charge in [0.1, 0.15) is 0 Å². The highest BCUT2D eigenvalue weighted by Crippen LogP contribution is 2.22. The van der Waals surface area contributed by atoms with Crippen LogP contribution in [0.4, 0.5) is 0 Å². The molecule has 7 nitrogen and oxygen atoms in total. The number of nitrogens with zero attached hydrogens (tertiary/aromatic N) is 3. The van der Waals surface area contributed by atoms with Gasteiger partial charge in [0.2, 0.25) is 15.9 Å². The lowest BCUT2D eigenvalue weighted by atomic mass is 10.2. The normalized spacial score (nSPS) is 20.0. The molecule has 2 saturated heterocycles. The first-order valence-corrected chi connectivity index (χ1v) is 11.0. The fourth-order valence-corrected chi connectivity index (χ4v) is 5.27. The van der Waals surface area contributed by atoms with Crippen molar-refractivity contribution in [2.75, 3.05) is 59.0 Å². The van der Waals surface area contributed by atoms with Crippen LogP contribution in [0.5, 0.6) is 0 Å². The van der Waals surface area contributed by atoms with Crippen LogP contribution in [0.2, 0.25) is 0 Å². The van der Waals surface area contributed by atoms with E-state index in [-0.39, 0.29) is 5.91 Å². The molecule has 0 spiro atoms. The van der Waals surface area contributed by atoms with Gasteiger partial charge in [0, 0.05) is 52.2 Å². The van der Waals surface area contributed by atoms with Crippen LogP contribution in [-0.4, -0.2) is 87.5 Å². The number of carbonyl (C=O) groups excluding carboxylic acids is 1. The fraction of sp³-hybridized carbons (Fsp3) is 0.632. The molecule has 2 fully saturated rings. The van der Waals surface area contributed by atoms with E-state index < -0.39 is 10.0 Å². The first-order chi connectivity index (χ1) is 12.9. The fourth-order valence-electron chi connectivity index (χ4n) is 3.65. The summed E-state index contributed by atoms with van der Waals surface area (Å²) in [6, 6.07) is 5.45. The van der Waals surface area contributed by atoms with Crippen LogP contribution in [0.25, 0.3) is 0 Å². The molecule has 2 aliphatic rings. The Morgan fingerprint density at radius 2 is 1.70 bits per heavy atom. The molecule has 1 aromatic carbocycles. The molecule has 2 aliphatic heterocycles. The van der Waals surface area contributed by atoms with E-state index in [0.717, 1.165) is 11.1 Å². The van der Waals surface area contributed by atoms with Gasteiger partial charge in [0.05, 0.1) is 18.1 Å². The highest BCUT2D eigenvalue weighted by atomic mass is 32.2. The van der Waals surface area contributed by atoms with E-state index in [2.05, 4.69) is 4.90 Å². The Hall–Kier alpha value is -1.48. The molecule has 0 bridgehead atoms. The highest BCUT2D eigenvalue weighted by Gasteiger charge is 2.29. The molecule has 0 unspecified atom stereocenters. The third kappa shape index (κ3) is 4.87. The van der Waals surface area contributed by atoms with Crippen molar-refractivity contribution in [1.82, 2.24) is 14.1 Å². The SMILES string of the molecule is Cc1ccc(S(=O)(=O)N2CCN(CCC(=O)N3CCOCC3)CC2)c(C)c1. The Balaban J connectivity index is 1.51. The third-order valence-corrected chi connectivity index (χ3v) is 7.34. The third-order valence-electron chi connectivity index (χ3n) is 5.29. The molecule has 0 aromatic heterocycles. The Morgan fingerprint density at radius 3 is 2.33 bits per heavy atom. The van der Waals surface area contributed by atoms with Crippen LogP contribution in [0.15, 0.2) is 23.1 Å². The summed E-state index contributed by atoms with van der Waals surface area (Å²) < 4.78 is 32.7. The molecular formula is C19H29N3O4S. The maximum Gasteiger partial charge on any atom is 0.243 e. The second-order valence-electron chi connectivity index (χ2n) is 7.26. The van der Waals surface area contributed by atoms with Crippen LogP contribution >= 0.6 is 0 Å². The largest absolute Gasteiger partial charge is 0.378 e. The smallest absolute Gasteiger partial charge is 0.243 e. The molecule has 0 saturated carbocycles. The maximum atomic E-state index is 12.9. The van der Waals surface area contributed by atoms with Crippen molar-refractivity contribution in [2.45, 2.75) is 25.2 Å². The van der Waals surface area contributed by atoms with Crippen LogP contribution in [0.3, 0.4) is 0 Å². The van der Waals surface area contributed by atoms with Crippen LogP contribution in [0.1, 0.15) is 17.5 Å². The van der Waals surface area contributed by atoms with Gasteiger partial charge >= 0.3 is 0 Å². The van der Waals surface area contributed by atoms with E-state index in [1.165, 1.54) is 0 Å². The lowest BCUT2D eigenvalue weighted by molar-refractivity contribution is -0.135. The predicted octanol–water partition coefficient (Wildman–Crippen LogP) is 0.859. The number of hydrogen-bond donors (Lipinski definition) is 0. The highest BCUT2D eigenvalue weighted by molar-refractivity contribution is 7.89. The summed E-state index contributed by atoms with van der Waals surface area (Å²) >= 11 is 0. The molecule has 2 heterocycles. The van der Waals surface area contributed by atoms with Crippen molar-refractivity contribution >= 4 is 15.9 Å². The molecule has 0 N–H and O–H groups in total. The second kappa shape index (κ2) is 8.68. The first kappa shape index (κ1) is 20.3. The molecule has 8 heteroatoms. The van der Waals surface area contributed by atoms with Crippen LogP contribution in [0, 0.1) is 13.8 Å². The summed E-state index contributed by atoms with van der Waals surface area (Å²) in [5.74, 6) is 0.156. The number of amides is 1. The molecular weight excluding hydrogens is 366 g/mol. The number of piperazine rings is 1. The first-order valence-electron chi connectivity index (χ1n) is 9.53. The van der Waals surface area contributed by atoms with E-state index >= 15 is 0 Å². The molecule has 3 rings (SSSR count). The van der Waals surface area contributed by atoms with Crippen molar-refractivity contribution in [1.29, 1.82) is 0 Å². The molecule has 0 atom stereocenters. The summed E-state index contributed by atoms with van der Waals surface area (Å²) in [6.45, 7) is 9.26. The lowest BCUT2D eigenvalue weighted by Crippen LogP contribution is -2.49. The Kier molecular flexibility index (Phi) is 6.52. The van der Waals surface area contributed by atoms with E-state index in [0.29, 0.717) is 70.3 Å². The van der Waals surface area contributed by atoms with E-state index in [9.17, 15) is 13.2 Å². The Labute approximate surface area is 161 Å². The van der Waals surface area contributed by atoms with Gasteiger partial charge in [-0.3, -0.25) is 4.79 Å². The number of sulfonamides is 1. The van der Waals surface area contributed by atoms with Gasteiger partial charge in [-0.15, -0.1) is 0 Å².